The first-order valence-corrected chi connectivity index (χ1v) is 6.59. The Kier molecular flexibility index (Phi) is 5.83. The van der Waals surface area contributed by atoms with Crippen molar-refractivity contribution in [3.8, 4) is 0 Å². The Morgan fingerprint density at radius 3 is 2.78 bits per heavy atom. The van der Waals surface area contributed by atoms with Crippen molar-refractivity contribution >= 4 is 51.8 Å². The van der Waals surface area contributed by atoms with Crippen LogP contribution in [0.2, 0.25) is 5.02 Å². The van der Waals surface area contributed by atoms with Crippen molar-refractivity contribution < 1.29 is 14.3 Å². The minimum absolute atomic E-state index is 0.171. The number of anilines is 1. The lowest BCUT2D eigenvalue weighted by Crippen LogP contribution is -2.43. The predicted molar refractivity (Wildman–Crippen MR) is 77.4 cm³/mol. The van der Waals surface area contributed by atoms with E-state index in [1.807, 2.05) is 0 Å². The van der Waals surface area contributed by atoms with Gasteiger partial charge in [-0.1, -0.05) is 11.6 Å². The van der Waals surface area contributed by atoms with Gasteiger partial charge in [0.25, 0.3) is 5.91 Å². The number of hydrogen-bond acceptors (Lipinski definition) is 4. The van der Waals surface area contributed by atoms with Gasteiger partial charge in [0.05, 0.1) is 17.3 Å². The smallest absolute Gasteiger partial charge is 0.332 e. The van der Waals surface area contributed by atoms with Gasteiger partial charge < -0.3 is 15.8 Å². The fourth-order valence-electron chi connectivity index (χ4n) is 1.14. The number of nitrogens with one attached hydrogen (secondary N) is 1. The molecule has 0 bridgehead atoms. The molecule has 18 heavy (non-hydrogen) atoms. The Morgan fingerprint density at radius 2 is 2.22 bits per heavy atom. The van der Waals surface area contributed by atoms with E-state index in [-0.39, 0.29) is 6.61 Å². The zero-order chi connectivity index (χ0) is 13.7. The number of benzene rings is 1. The quantitative estimate of drug-likeness (QED) is 0.472. The van der Waals surface area contributed by atoms with Gasteiger partial charge in [0, 0.05) is 3.57 Å². The highest BCUT2D eigenvalue weighted by Crippen LogP contribution is 2.23. The first kappa shape index (κ1) is 15.2. The molecule has 5 nitrogen and oxygen atoms in total. The summed E-state index contributed by atoms with van der Waals surface area (Å²) in [7, 11) is 0. The Hall–Kier alpha value is -0.860. The molecule has 0 heterocycles. The zero-order valence-corrected chi connectivity index (χ0v) is 12.5. The van der Waals surface area contributed by atoms with E-state index in [0.29, 0.717) is 10.7 Å². The SMILES string of the molecule is CCOC(=O)C(N)C(=O)Nc1ccc(I)cc1Cl. The van der Waals surface area contributed by atoms with Gasteiger partial charge in [-0.2, -0.15) is 0 Å². The largest absolute Gasteiger partial charge is 0.464 e. The molecule has 1 unspecified atom stereocenters. The molecule has 1 aromatic carbocycles. The van der Waals surface area contributed by atoms with Crippen molar-refractivity contribution in [1.82, 2.24) is 0 Å². The monoisotopic (exact) mass is 382 g/mol. The van der Waals surface area contributed by atoms with Crippen LogP contribution in [0.4, 0.5) is 5.69 Å². The van der Waals surface area contributed by atoms with E-state index in [1.54, 1.807) is 25.1 Å². The summed E-state index contributed by atoms with van der Waals surface area (Å²) in [6.07, 6.45) is 0. The van der Waals surface area contributed by atoms with Crippen LogP contribution in [-0.2, 0) is 14.3 Å². The van der Waals surface area contributed by atoms with E-state index in [9.17, 15) is 9.59 Å². The van der Waals surface area contributed by atoms with Crippen molar-refractivity contribution in [1.29, 1.82) is 0 Å². The van der Waals surface area contributed by atoms with Crippen LogP contribution in [0.15, 0.2) is 18.2 Å². The molecule has 0 radical (unpaired) electrons. The third-order valence-corrected chi connectivity index (χ3v) is 3.00. The molecular weight excluding hydrogens is 370 g/mol. The minimum Gasteiger partial charge on any atom is -0.464 e. The van der Waals surface area contributed by atoms with Gasteiger partial charge in [0.15, 0.2) is 6.04 Å². The third kappa shape index (κ3) is 4.11. The summed E-state index contributed by atoms with van der Waals surface area (Å²) < 4.78 is 5.59. The normalized spacial score (nSPS) is 11.8. The molecule has 3 N–H and O–H groups in total. The van der Waals surface area contributed by atoms with Gasteiger partial charge in [-0.25, -0.2) is 4.79 Å². The van der Waals surface area contributed by atoms with E-state index in [2.05, 4.69) is 32.6 Å². The van der Waals surface area contributed by atoms with Crippen LogP contribution in [-0.4, -0.2) is 24.5 Å². The van der Waals surface area contributed by atoms with Crippen molar-refractivity contribution in [3.63, 3.8) is 0 Å². The third-order valence-electron chi connectivity index (χ3n) is 2.01. The molecular formula is C11H12ClIN2O3. The Bertz CT molecular complexity index is 468. The number of halogens is 2. The topological polar surface area (TPSA) is 81.4 Å². The fraction of sp³-hybridized carbons (Fsp3) is 0.273. The molecule has 0 saturated heterocycles. The molecule has 98 valence electrons. The standard InChI is InChI=1S/C11H12ClIN2O3/c1-2-18-11(17)9(14)10(16)15-8-4-3-6(13)5-7(8)12/h3-5,9H,2,14H2,1H3,(H,15,16). The van der Waals surface area contributed by atoms with Crippen LogP contribution >= 0.6 is 34.2 Å². The molecule has 0 aliphatic heterocycles. The molecule has 1 atom stereocenters. The number of amides is 1. The minimum atomic E-state index is -1.36. The molecule has 0 saturated carbocycles. The molecule has 0 aliphatic rings. The van der Waals surface area contributed by atoms with E-state index >= 15 is 0 Å². The molecule has 0 spiro atoms. The van der Waals surface area contributed by atoms with Gasteiger partial charge in [0.2, 0.25) is 0 Å². The Balaban J connectivity index is 2.72. The maximum atomic E-state index is 11.7. The molecule has 1 rings (SSSR count). The maximum absolute atomic E-state index is 11.7. The highest BCUT2D eigenvalue weighted by Gasteiger charge is 2.23. The maximum Gasteiger partial charge on any atom is 0.332 e. The van der Waals surface area contributed by atoms with Crippen molar-refractivity contribution in [3.05, 3.63) is 26.8 Å². The summed E-state index contributed by atoms with van der Waals surface area (Å²) in [6.45, 7) is 1.81. The Morgan fingerprint density at radius 1 is 1.56 bits per heavy atom. The average molecular weight is 383 g/mol. The Labute approximate surface area is 123 Å². The molecule has 1 aromatic rings. The summed E-state index contributed by atoms with van der Waals surface area (Å²) in [6, 6.07) is 3.74. The van der Waals surface area contributed by atoms with Gasteiger partial charge in [-0.15, -0.1) is 0 Å². The van der Waals surface area contributed by atoms with E-state index in [4.69, 9.17) is 17.3 Å². The second-order valence-corrected chi connectivity index (χ2v) is 5.00. The first-order chi connectivity index (χ1) is 8.45. The van der Waals surface area contributed by atoms with Gasteiger partial charge in [-0.3, -0.25) is 4.79 Å². The first-order valence-electron chi connectivity index (χ1n) is 5.13. The molecule has 1 amide bonds. The summed E-state index contributed by atoms with van der Waals surface area (Å²) in [5.41, 5.74) is 5.85. The second-order valence-electron chi connectivity index (χ2n) is 3.34. The number of nitrogens with two attached hydrogens (primary N) is 1. The van der Waals surface area contributed by atoms with Crippen LogP contribution in [0.1, 0.15) is 6.92 Å². The number of rotatable bonds is 4. The molecule has 0 fully saturated rings. The van der Waals surface area contributed by atoms with Crippen LogP contribution in [0.3, 0.4) is 0 Å². The van der Waals surface area contributed by atoms with E-state index < -0.39 is 17.9 Å². The van der Waals surface area contributed by atoms with Gasteiger partial charge >= 0.3 is 5.97 Å². The van der Waals surface area contributed by atoms with E-state index in [1.165, 1.54) is 0 Å². The average Bonchev–Trinajstić information content (AvgIpc) is 2.32. The lowest BCUT2D eigenvalue weighted by Gasteiger charge is -2.12. The lowest BCUT2D eigenvalue weighted by molar-refractivity contribution is -0.146. The van der Waals surface area contributed by atoms with Crippen LogP contribution in [0.5, 0.6) is 0 Å². The number of esters is 1. The number of ether oxygens (including phenoxy) is 1. The zero-order valence-electron chi connectivity index (χ0n) is 9.57. The summed E-state index contributed by atoms with van der Waals surface area (Å²) in [5, 5.41) is 2.86. The van der Waals surface area contributed by atoms with Crippen molar-refractivity contribution in [2.24, 2.45) is 5.73 Å². The number of hydrogen-bond donors (Lipinski definition) is 2. The van der Waals surface area contributed by atoms with Crippen LogP contribution in [0.25, 0.3) is 0 Å². The van der Waals surface area contributed by atoms with Gasteiger partial charge in [-0.05, 0) is 47.7 Å². The predicted octanol–water partition coefficient (Wildman–Crippen LogP) is 1.77. The molecule has 0 aliphatic carbocycles. The second kappa shape index (κ2) is 6.91. The molecule has 0 aromatic heterocycles. The van der Waals surface area contributed by atoms with E-state index in [0.717, 1.165) is 3.57 Å². The fourth-order valence-corrected chi connectivity index (χ4v) is 2.04. The summed E-state index contributed by atoms with van der Waals surface area (Å²) >= 11 is 8.04. The number of carbonyl (C=O) groups is 2. The highest BCUT2D eigenvalue weighted by molar-refractivity contribution is 14.1. The molecule has 7 heteroatoms. The summed E-state index contributed by atoms with van der Waals surface area (Å²) in [5.74, 6) is -1.42. The number of carbonyl (C=O) groups excluding carboxylic acids is 2. The van der Waals surface area contributed by atoms with Crippen LogP contribution < -0.4 is 11.1 Å². The highest BCUT2D eigenvalue weighted by atomic mass is 127. The van der Waals surface area contributed by atoms with Crippen LogP contribution in [0, 0.1) is 3.57 Å². The van der Waals surface area contributed by atoms with Crippen molar-refractivity contribution in [2.45, 2.75) is 13.0 Å². The lowest BCUT2D eigenvalue weighted by atomic mass is 10.2. The van der Waals surface area contributed by atoms with Crippen molar-refractivity contribution in [2.75, 3.05) is 11.9 Å². The summed E-state index contributed by atoms with van der Waals surface area (Å²) in [4.78, 5) is 22.9. The van der Waals surface area contributed by atoms with Gasteiger partial charge in [0.1, 0.15) is 0 Å².